The van der Waals surface area contributed by atoms with Crippen molar-refractivity contribution >= 4 is 28.6 Å². The molecule has 8 heteroatoms. The molecular weight excluding hydrogens is 370 g/mol. The Hall–Kier alpha value is -3.94. The molecule has 0 unspecified atom stereocenters. The van der Waals surface area contributed by atoms with Crippen molar-refractivity contribution in [3.05, 3.63) is 76.4 Å². The first-order chi connectivity index (χ1) is 14.0. The zero-order chi connectivity index (χ0) is 20.4. The molecule has 4 rings (SSSR count). The van der Waals surface area contributed by atoms with E-state index >= 15 is 0 Å². The van der Waals surface area contributed by atoms with Crippen molar-refractivity contribution < 1.29 is 9.15 Å². The Morgan fingerprint density at radius 2 is 1.86 bits per heavy atom. The third-order valence-corrected chi connectivity index (χ3v) is 4.30. The molecule has 0 amide bonds. The summed E-state index contributed by atoms with van der Waals surface area (Å²) in [6, 6.07) is 16.3. The molecule has 0 aliphatic rings. The molecule has 2 aromatic carbocycles. The summed E-state index contributed by atoms with van der Waals surface area (Å²) in [7, 11) is 0. The first kappa shape index (κ1) is 18.4. The molecule has 0 saturated carbocycles. The van der Waals surface area contributed by atoms with Crippen molar-refractivity contribution in [3.8, 4) is 5.75 Å². The van der Waals surface area contributed by atoms with Crippen LogP contribution in [0, 0.1) is 6.92 Å². The summed E-state index contributed by atoms with van der Waals surface area (Å²) < 4.78 is 11.2. The van der Waals surface area contributed by atoms with E-state index in [9.17, 15) is 4.79 Å². The van der Waals surface area contributed by atoms with E-state index in [1.54, 1.807) is 19.1 Å². The number of aryl methyl sites for hydroxylation is 1. The zero-order valence-corrected chi connectivity index (χ0v) is 15.9. The van der Waals surface area contributed by atoms with Gasteiger partial charge in [0.05, 0.1) is 0 Å². The van der Waals surface area contributed by atoms with Gasteiger partial charge in [-0.05, 0) is 43.7 Å². The lowest BCUT2D eigenvalue weighted by Crippen LogP contribution is -2.13. The Balaban J connectivity index is 1.59. The monoisotopic (exact) mass is 389 g/mol. The van der Waals surface area contributed by atoms with Crippen molar-refractivity contribution in [2.75, 3.05) is 11.1 Å². The van der Waals surface area contributed by atoms with Gasteiger partial charge in [-0.2, -0.15) is 15.0 Å². The molecule has 0 aliphatic carbocycles. The van der Waals surface area contributed by atoms with Crippen LogP contribution in [-0.4, -0.2) is 15.0 Å². The molecular formula is C21H19N5O3. The number of nitrogens with two attached hydrogens (primary N) is 1. The van der Waals surface area contributed by atoms with E-state index in [-0.39, 0.29) is 5.95 Å². The summed E-state index contributed by atoms with van der Waals surface area (Å²) in [5.41, 5.74) is 7.58. The third kappa shape index (κ3) is 4.16. The SMILES string of the molecule is Cc1cc(=O)oc2cc(O[C@H](C)c3nc(N)nc(Nc4ccccc4)n3)ccc12. The molecule has 0 aliphatic heterocycles. The van der Waals surface area contributed by atoms with E-state index < -0.39 is 11.7 Å². The van der Waals surface area contributed by atoms with Gasteiger partial charge in [0.25, 0.3) is 0 Å². The van der Waals surface area contributed by atoms with Crippen LogP contribution in [0.25, 0.3) is 11.0 Å². The highest BCUT2D eigenvalue weighted by Crippen LogP contribution is 2.26. The van der Waals surface area contributed by atoms with Crippen molar-refractivity contribution in [2.45, 2.75) is 20.0 Å². The Labute approximate surface area is 166 Å². The minimum absolute atomic E-state index is 0.0871. The molecule has 0 fully saturated rings. The second-order valence-electron chi connectivity index (χ2n) is 6.53. The molecule has 0 spiro atoms. The number of aromatic nitrogens is 3. The lowest BCUT2D eigenvalue weighted by Gasteiger charge is -2.15. The normalized spacial score (nSPS) is 11.9. The summed E-state index contributed by atoms with van der Waals surface area (Å²) >= 11 is 0. The first-order valence-electron chi connectivity index (χ1n) is 9.02. The summed E-state index contributed by atoms with van der Waals surface area (Å²) in [6.07, 6.45) is -0.509. The van der Waals surface area contributed by atoms with E-state index in [2.05, 4.69) is 20.3 Å². The number of fused-ring (bicyclic) bond motifs is 1. The van der Waals surface area contributed by atoms with Crippen molar-refractivity contribution in [1.82, 2.24) is 15.0 Å². The lowest BCUT2D eigenvalue weighted by molar-refractivity contribution is 0.216. The van der Waals surface area contributed by atoms with Crippen LogP contribution >= 0.6 is 0 Å². The smallest absolute Gasteiger partial charge is 0.336 e. The highest BCUT2D eigenvalue weighted by Gasteiger charge is 2.15. The molecule has 1 atom stereocenters. The molecule has 2 aromatic heterocycles. The predicted molar refractivity (Wildman–Crippen MR) is 110 cm³/mol. The Bertz CT molecular complexity index is 1220. The number of benzene rings is 2. The van der Waals surface area contributed by atoms with Gasteiger partial charge in [-0.25, -0.2) is 4.79 Å². The number of nitrogens with one attached hydrogen (secondary N) is 1. The average Bonchev–Trinajstić information content (AvgIpc) is 2.68. The van der Waals surface area contributed by atoms with Crippen LogP contribution in [0.15, 0.2) is 63.8 Å². The maximum atomic E-state index is 11.6. The number of rotatable bonds is 5. The Morgan fingerprint density at radius 3 is 2.66 bits per heavy atom. The van der Waals surface area contributed by atoms with Crippen molar-refractivity contribution in [2.24, 2.45) is 0 Å². The summed E-state index contributed by atoms with van der Waals surface area (Å²) in [5.74, 6) is 1.32. The molecule has 2 heterocycles. The number of hydrogen-bond donors (Lipinski definition) is 2. The van der Waals surface area contributed by atoms with E-state index in [4.69, 9.17) is 14.9 Å². The van der Waals surface area contributed by atoms with Gasteiger partial charge in [0, 0.05) is 23.2 Å². The fourth-order valence-corrected chi connectivity index (χ4v) is 2.93. The maximum absolute atomic E-state index is 11.6. The minimum atomic E-state index is -0.509. The summed E-state index contributed by atoms with van der Waals surface area (Å²) in [4.78, 5) is 24.3. The van der Waals surface area contributed by atoms with Gasteiger partial charge >= 0.3 is 5.63 Å². The van der Waals surface area contributed by atoms with Crippen LogP contribution in [-0.2, 0) is 0 Å². The van der Waals surface area contributed by atoms with Crippen LogP contribution in [0.3, 0.4) is 0 Å². The Morgan fingerprint density at radius 1 is 1.07 bits per heavy atom. The van der Waals surface area contributed by atoms with Gasteiger partial charge in [-0.3, -0.25) is 0 Å². The molecule has 8 nitrogen and oxygen atoms in total. The van der Waals surface area contributed by atoms with E-state index in [0.717, 1.165) is 16.6 Å². The molecule has 0 bridgehead atoms. The third-order valence-electron chi connectivity index (χ3n) is 4.30. The molecule has 3 N–H and O–H groups in total. The number of nitrogen functional groups attached to an aromatic ring is 1. The van der Waals surface area contributed by atoms with Gasteiger partial charge in [-0.1, -0.05) is 18.2 Å². The predicted octanol–water partition coefficient (Wildman–Crippen LogP) is 3.75. The minimum Gasteiger partial charge on any atom is -0.483 e. The number of nitrogens with zero attached hydrogens (tertiary/aromatic N) is 3. The second kappa shape index (κ2) is 7.59. The second-order valence-corrected chi connectivity index (χ2v) is 6.53. The fraction of sp³-hybridized carbons (Fsp3) is 0.143. The largest absolute Gasteiger partial charge is 0.483 e. The maximum Gasteiger partial charge on any atom is 0.336 e. The molecule has 29 heavy (non-hydrogen) atoms. The quantitative estimate of drug-likeness (QED) is 0.496. The molecule has 0 radical (unpaired) electrons. The van der Waals surface area contributed by atoms with Crippen molar-refractivity contribution in [1.29, 1.82) is 0 Å². The number of ether oxygens (including phenoxy) is 1. The van der Waals surface area contributed by atoms with Gasteiger partial charge in [0.1, 0.15) is 11.3 Å². The zero-order valence-electron chi connectivity index (χ0n) is 15.9. The molecule has 4 aromatic rings. The van der Waals surface area contributed by atoms with Crippen LogP contribution in [0.2, 0.25) is 0 Å². The lowest BCUT2D eigenvalue weighted by atomic mass is 10.1. The van der Waals surface area contributed by atoms with Crippen molar-refractivity contribution in [3.63, 3.8) is 0 Å². The van der Waals surface area contributed by atoms with Crippen LogP contribution in [0.4, 0.5) is 17.6 Å². The Kier molecular flexibility index (Phi) is 4.82. The van der Waals surface area contributed by atoms with Gasteiger partial charge < -0.3 is 20.2 Å². The van der Waals surface area contributed by atoms with E-state index in [1.165, 1.54) is 6.07 Å². The van der Waals surface area contributed by atoms with Gasteiger partial charge in [-0.15, -0.1) is 0 Å². The average molecular weight is 389 g/mol. The number of para-hydroxylation sites is 1. The highest BCUT2D eigenvalue weighted by atomic mass is 16.5. The van der Waals surface area contributed by atoms with Crippen LogP contribution in [0.5, 0.6) is 5.75 Å². The van der Waals surface area contributed by atoms with E-state index in [0.29, 0.717) is 23.1 Å². The standard InChI is InChI=1S/C21H19N5O3/c1-12-10-18(27)29-17-11-15(8-9-16(12)17)28-13(2)19-24-20(22)26-21(25-19)23-14-6-4-3-5-7-14/h3-11,13H,1-2H3,(H3,22,23,24,25,26)/t13-/m1/s1. The van der Waals surface area contributed by atoms with Gasteiger partial charge in [0.2, 0.25) is 11.9 Å². The highest BCUT2D eigenvalue weighted by molar-refractivity contribution is 5.81. The summed E-state index contributed by atoms with van der Waals surface area (Å²) in [6.45, 7) is 3.66. The van der Waals surface area contributed by atoms with Crippen LogP contribution in [0.1, 0.15) is 24.4 Å². The molecule has 146 valence electrons. The molecule has 0 saturated heterocycles. The topological polar surface area (TPSA) is 116 Å². The fourth-order valence-electron chi connectivity index (χ4n) is 2.93. The first-order valence-corrected chi connectivity index (χ1v) is 9.02. The van der Waals surface area contributed by atoms with Crippen LogP contribution < -0.4 is 21.4 Å². The summed E-state index contributed by atoms with van der Waals surface area (Å²) in [5, 5.41) is 3.94. The van der Waals surface area contributed by atoms with Gasteiger partial charge in [0.15, 0.2) is 11.9 Å². The number of hydrogen-bond acceptors (Lipinski definition) is 8. The number of anilines is 3. The van der Waals surface area contributed by atoms with E-state index in [1.807, 2.05) is 43.3 Å².